The van der Waals surface area contributed by atoms with E-state index in [4.69, 9.17) is 16.7 Å². The lowest BCUT2D eigenvalue weighted by molar-refractivity contribution is 0.0699. The number of hydrogen-bond acceptors (Lipinski definition) is 3. The minimum Gasteiger partial charge on any atom is -0.478 e. The SMILES string of the molecule is CCc1nc(C)nc2[nH]c(Cl)c(C(=O)O)c12. The minimum absolute atomic E-state index is 0.0496. The number of nitrogens with one attached hydrogen (secondary N) is 1. The van der Waals surface area contributed by atoms with E-state index in [1.54, 1.807) is 6.92 Å². The number of nitrogens with zero attached hydrogens (tertiary/aromatic N) is 2. The molecule has 0 fully saturated rings. The van der Waals surface area contributed by atoms with Crippen LogP contribution in [0.2, 0.25) is 5.15 Å². The molecule has 84 valence electrons. The molecule has 2 aromatic rings. The van der Waals surface area contributed by atoms with Gasteiger partial charge in [0.2, 0.25) is 0 Å². The Bertz CT molecular complexity index is 577. The number of aromatic carboxylic acids is 1. The molecule has 2 aromatic heterocycles. The highest BCUT2D eigenvalue weighted by atomic mass is 35.5. The highest BCUT2D eigenvalue weighted by Gasteiger charge is 2.20. The second-order valence-electron chi connectivity index (χ2n) is 3.41. The Morgan fingerprint density at radius 3 is 2.75 bits per heavy atom. The van der Waals surface area contributed by atoms with Crippen LogP contribution < -0.4 is 0 Å². The third-order valence-electron chi connectivity index (χ3n) is 2.34. The first-order valence-electron chi connectivity index (χ1n) is 4.82. The van der Waals surface area contributed by atoms with Gasteiger partial charge >= 0.3 is 5.97 Å². The summed E-state index contributed by atoms with van der Waals surface area (Å²) in [5.74, 6) is -0.474. The van der Waals surface area contributed by atoms with Gasteiger partial charge in [0, 0.05) is 0 Å². The van der Waals surface area contributed by atoms with E-state index in [1.165, 1.54) is 0 Å². The van der Waals surface area contributed by atoms with Gasteiger partial charge in [-0.05, 0) is 13.3 Å². The Kier molecular flexibility index (Phi) is 2.55. The number of carbonyl (C=O) groups is 1. The van der Waals surface area contributed by atoms with Gasteiger partial charge in [-0.2, -0.15) is 0 Å². The first-order valence-corrected chi connectivity index (χ1v) is 5.20. The smallest absolute Gasteiger partial charge is 0.339 e. The van der Waals surface area contributed by atoms with Gasteiger partial charge in [0.1, 0.15) is 22.2 Å². The van der Waals surface area contributed by atoms with Crippen molar-refractivity contribution in [1.29, 1.82) is 0 Å². The molecule has 0 atom stereocenters. The molecule has 0 aromatic carbocycles. The van der Waals surface area contributed by atoms with Gasteiger partial charge < -0.3 is 10.1 Å². The number of aryl methyl sites for hydroxylation is 2. The van der Waals surface area contributed by atoms with E-state index in [-0.39, 0.29) is 10.7 Å². The molecule has 0 amide bonds. The number of carboxylic acid groups (broad SMARTS) is 1. The van der Waals surface area contributed by atoms with Gasteiger partial charge in [0.05, 0.1) is 11.1 Å². The van der Waals surface area contributed by atoms with Crippen LogP contribution in [0.15, 0.2) is 0 Å². The Hall–Kier alpha value is -1.62. The molecular weight excluding hydrogens is 230 g/mol. The van der Waals surface area contributed by atoms with Crippen LogP contribution in [-0.2, 0) is 6.42 Å². The highest BCUT2D eigenvalue weighted by molar-refractivity contribution is 6.34. The zero-order chi connectivity index (χ0) is 11.9. The second kappa shape index (κ2) is 3.75. The largest absolute Gasteiger partial charge is 0.478 e. The van der Waals surface area contributed by atoms with E-state index in [1.807, 2.05) is 6.92 Å². The van der Waals surface area contributed by atoms with Crippen molar-refractivity contribution in [2.75, 3.05) is 0 Å². The van der Waals surface area contributed by atoms with E-state index in [0.717, 1.165) is 0 Å². The molecule has 0 saturated heterocycles. The molecule has 16 heavy (non-hydrogen) atoms. The Morgan fingerprint density at radius 2 is 2.19 bits per heavy atom. The average molecular weight is 240 g/mol. The third kappa shape index (κ3) is 1.53. The van der Waals surface area contributed by atoms with Gasteiger partial charge in [0.25, 0.3) is 0 Å². The number of H-pyrrole nitrogens is 1. The van der Waals surface area contributed by atoms with Crippen LogP contribution in [0.5, 0.6) is 0 Å². The second-order valence-corrected chi connectivity index (χ2v) is 3.79. The van der Waals surface area contributed by atoms with Crippen molar-refractivity contribution in [2.24, 2.45) is 0 Å². The molecule has 0 bridgehead atoms. The fourth-order valence-electron chi connectivity index (χ4n) is 1.72. The summed E-state index contributed by atoms with van der Waals surface area (Å²) in [6.07, 6.45) is 0.633. The maximum Gasteiger partial charge on any atom is 0.339 e. The van der Waals surface area contributed by atoms with Crippen LogP contribution in [0.4, 0.5) is 0 Å². The maximum atomic E-state index is 11.1. The molecule has 6 heteroatoms. The molecule has 2 rings (SSSR count). The Balaban J connectivity index is 2.91. The van der Waals surface area contributed by atoms with Gasteiger partial charge in [-0.15, -0.1) is 0 Å². The molecule has 2 N–H and O–H groups in total. The van der Waals surface area contributed by atoms with E-state index in [9.17, 15) is 4.79 Å². The van der Waals surface area contributed by atoms with Crippen molar-refractivity contribution in [3.05, 3.63) is 22.2 Å². The fraction of sp³-hybridized carbons (Fsp3) is 0.300. The summed E-state index contributed by atoms with van der Waals surface area (Å²) in [6, 6.07) is 0. The fourth-order valence-corrected chi connectivity index (χ4v) is 1.98. The summed E-state index contributed by atoms with van der Waals surface area (Å²) in [7, 11) is 0. The van der Waals surface area contributed by atoms with E-state index >= 15 is 0 Å². The number of carboxylic acids is 1. The van der Waals surface area contributed by atoms with E-state index in [0.29, 0.717) is 29.0 Å². The van der Waals surface area contributed by atoms with E-state index < -0.39 is 5.97 Å². The van der Waals surface area contributed by atoms with Crippen LogP contribution in [0.25, 0.3) is 11.0 Å². The van der Waals surface area contributed by atoms with Crippen LogP contribution in [0.3, 0.4) is 0 Å². The van der Waals surface area contributed by atoms with Crippen molar-refractivity contribution in [3.8, 4) is 0 Å². The molecule has 0 unspecified atom stereocenters. The van der Waals surface area contributed by atoms with Crippen molar-refractivity contribution < 1.29 is 9.90 Å². The van der Waals surface area contributed by atoms with Crippen LogP contribution in [0.1, 0.15) is 28.8 Å². The monoisotopic (exact) mass is 239 g/mol. The maximum absolute atomic E-state index is 11.1. The first kappa shape index (κ1) is 10.9. The topological polar surface area (TPSA) is 78.9 Å². The lowest BCUT2D eigenvalue weighted by Crippen LogP contribution is -2.00. The standard InChI is InChI=1S/C10H10ClN3O2/c1-3-5-6-7(10(15)16)8(11)14-9(6)13-4(2)12-5/h3H2,1-2H3,(H,15,16)(H,12,13,14). The molecule has 2 heterocycles. The summed E-state index contributed by atoms with van der Waals surface area (Å²) in [5, 5.41) is 9.68. The van der Waals surface area contributed by atoms with Crippen molar-refractivity contribution >= 4 is 28.6 Å². The lowest BCUT2D eigenvalue weighted by Gasteiger charge is -2.01. The van der Waals surface area contributed by atoms with E-state index in [2.05, 4.69) is 15.0 Å². The van der Waals surface area contributed by atoms with Crippen molar-refractivity contribution in [2.45, 2.75) is 20.3 Å². The zero-order valence-electron chi connectivity index (χ0n) is 8.83. The predicted molar refractivity (Wildman–Crippen MR) is 60.0 cm³/mol. The quantitative estimate of drug-likeness (QED) is 0.842. The molecule has 0 spiro atoms. The third-order valence-corrected chi connectivity index (χ3v) is 2.63. The number of hydrogen-bond donors (Lipinski definition) is 2. The Labute approximate surface area is 96.5 Å². The summed E-state index contributed by atoms with van der Waals surface area (Å²) >= 11 is 5.84. The predicted octanol–water partition coefficient (Wildman–Crippen LogP) is 2.18. The number of aromatic amines is 1. The van der Waals surface area contributed by atoms with Crippen LogP contribution in [-0.4, -0.2) is 26.0 Å². The average Bonchev–Trinajstić information content (AvgIpc) is 2.52. The van der Waals surface area contributed by atoms with Gasteiger partial charge in [-0.25, -0.2) is 14.8 Å². The lowest BCUT2D eigenvalue weighted by atomic mass is 10.1. The number of fused-ring (bicyclic) bond motifs is 1. The summed E-state index contributed by atoms with van der Waals surface area (Å²) in [5.41, 5.74) is 1.23. The van der Waals surface area contributed by atoms with Gasteiger partial charge in [0.15, 0.2) is 0 Å². The molecule has 0 radical (unpaired) electrons. The van der Waals surface area contributed by atoms with Crippen LogP contribution in [0, 0.1) is 6.92 Å². The van der Waals surface area contributed by atoms with Gasteiger partial charge in [-0.1, -0.05) is 18.5 Å². The summed E-state index contributed by atoms with van der Waals surface area (Å²) < 4.78 is 0. The number of aromatic nitrogens is 3. The summed E-state index contributed by atoms with van der Waals surface area (Å²) in [4.78, 5) is 22.2. The molecule has 0 aliphatic carbocycles. The molecule has 0 aliphatic rings. The number of halogens is 1. The molecule has 0 saturated carbocycles. The van der Waals surface area contributed by atoms with Crippen LogP contribution >= 0.6 is 11.6 Å². The normalized spacial score (nSPS) is 10.9. The Morgan fingerprint density at radius 1 is 1.50 bits per heavy atom. The molecule has 0 aliphatic heterocycles. The first-order chi connectivity index (χ1) is 7.54. The van der Waals surface area contributed by atoms with Crippen molar-refractivity contribution in [3.63, 3.8) is 0 Å². The minimum atomic E-state index is -1.07. The molecule has 5 nitrogen and oxygen atoms in total. The highest BCUT2D eigenvalue weighted by Crippen LogP contribution is 2.27. The van der Waals surface area contributed by atoms with Crippen molar-refractivity contribution in [1.82, 2.24) is 15.0 Å². The zero-order valence-corrected chi connectivity index (χ0v) is 9.59. The van der Waals surface area contributed by atoms with Gasteiger partial charge in [-0.3, -0.25) is 0 Å². The molecular formula is C10H10ClN3O2. The summed E-state index contributed by atoms with van der Waals surface area (Å²) in [6.45, 7) is 3.67. The number of rotatable bonds is 2.